The number of phenols is 2. The Morgan fingerprint density at radius 1 is 0.329 bits per heavy atom. The van der Waals surface area contributed by atoms with Crippen molar-refractivity contribution < 1.29 is 28.5 Å². The van der Waals surface area contributed by atoms with Crippen molar-refractivity contribution in [2.24, 2.45) is 0 Å². The minimum Gasteiger partial charge on any atom is -0.507 e. The van der Waals surface area contributed by atoms with E-state index in [1.54, 1.807) is 12.1 Å². The maximum absolute atomic E-state index is 15.4. The van der Waals surface area contributed by atoms with Gasteiger partial charge in [0.25, 0.3) is 0 Å². The fourth-order valence-corrected chi connectivity index (χ4v) is 9.90. The number of aryl methyl sites for hydroxylation is 2. The first-order chi connectivity index (χ1) is 35.5. The summed E-state index contributed by atoms with van der Waals surface area (Å²) in [5.41, 5.74) is 14.2. The summed E-state index contributed by atoms with van der Waals surface area (Å²) in [6.07, 6.45) is -0.550. The summed E-state index contributed by atoms with van der Waals surface area (Å²) in [4.78, 5) is 0. The third kappa shape index (κ3) is 10.4. The van der Waals surface area contributed by atoms with Crippen molar-refractivity contribution in [3.8, 4) is 112 Å². The molecule has 10 rings (SSSR count). The van der Waals surface area contributed by atoms with E-state index in [4.69, 9.17) is 9.47 Å². The number of rotatable bonds is 14. The highest BCUT2D eigenvalue weighted by Gasteiger charge is 2.24. The lowest BCUT2D eigenvalue weighted by molar-refractivity contribution is 0.131. The summed E-state index contributed by atoms with van der Waals surface area (Å²) in [7, 11) is 0. The zero-order chi connectivity index (χ0) is 50.6. The fraction of sp³-hybridized carbons (Fsp3) is 0.104. The molecule has 0 aliphatic heterocycles. The van der Waals surface area contributed by atoms with Crippen molar-refractivity contribution in [2.45, 2.75) is 46.3 Å². The van der Waals surface area contributed by atoms with Crippen LogP contribution in [0.25, 0.3) is 89.0 Å². The lowest BCUT2D eigenvalue weighted by atomic mass is 9.88. The molecule has 0 fully saturated rings. The molecule has 2 atom stereocenters. The van der Waals surface area contributed by atoms with Crippen LogP contribution in [0.4, 0.5) is 8.78 Å². The smallest absolute Gasteiger partial charge is 0.131 e. The number of phenolic OH excluding ortho intramolecular Hbond substituents is 2. The van der Waals surface area contributed by atoms with Crippen LogP contribution in [0.1, 0.15) is 31.4 Å². The highest BCUT2D eigenvalue weighted by molar-refractivity contribution is 5.95. The van der Waals surface area contributed by atoms with Crippen molar-refractivity contribution in [3.63, 3.8) is 0 Å². The predicted octanol–water partition coefficient (Wildman–Crippen LogP) is 18.0. The average Bonchev–Trinajstić information content (AvgIpc) is 3.41. The van der Waals surface area contributed by atoms with Crippen molar-refractivity contribution >= 4 is 0 Å². The Labute approximate surface area is 426 Å². The van der Waals surface area contributed by atoms with Gasteiger partial charge in [0, 0.05) is 39.8 Å². The summed E-state index contributed by atoms with van der Waals surface area (Å²) in [6, 6.07) is 69.2. The molecule has 6 heteroatoms. The molecule has 0 radical (unpaired) electrons. The Balaban J connectivity index is 0.953. The first-order valence-electron chi connectivity index (χ1n) is 24.6. The Hall–Kier alpha value is -8.74. The van der Waals surface area contributed by atoms with Crippen LogP contribution < -0.4 is 9.47 Å². The van der Waals surface area contributed by atoms with Crippen molar-refractivity contribution in [2.75, 3.05) is 0 Å². The van der Waals surface area contributed by atoms with E-state index in [1.165, 1.54) is 24.3 Å². The monoisotopic (exact) mass is 960 g/mol. The first-order valence-corrected chi connectivity index (χ1v) is 24.6. The molecule has 0 aromatic heterocycles. The SMILES string of the molecule is Cc1cc(-c2cc(F)ccc2O[C@H](C)C[C@H](C)Oc2ccc(F)cc2-c2cc(C)cc(-c3cc(-c4ccccc4)ccc3-c3ccccc3)c2O)c(O)c(-c2cc(-c3ccccc3)ccc2-c2ccccc2)c1. The van der Waals surface area contributed by atoms with Gasteiger partial charge in [-0.1, -0.05) is 146 Å². The molecular weight excluding hydrogens is 907 g/mol. The Morgan fingerprint density at radius 3 is 1.01 bits per heavy atom. The van der Waals surface area contributed by atoms with Gasteiger partial charge in [-0.05, 0) is 167 Å². The second-order valence-corrected chi connectivity index (χ2v) is 18.8. The third-order valence-corrected chi connectivity index (χ3v) is 13.3. The van der Waals surface area contributed by atoms with Crippen LogP contribution in [0, 0.1) is 25.5 Å². The van der Waals surface area contributed by atoms with Crippen molar-refractivity contribution in [3.05, 3.63) is 241 Å². The van der Waals surface area contributed by atoms with E-state index >= 15 is 8.78 Å². The van der Waals surface area contributed by atoms with Crippen LogP contribution in [0.15, 0.2) is 218 Å². The van der Waals surface area contributed by atoms with Gasteiger partial charge in [0.15, 0.2) is 0 Å². The summed E-state index contributed by atoms with van der Waals surface area (Å²) in [5, 5.41) is 24.7. The molecule has 0 heterocycles. The van der Waals surface area contributed by atoms with Gasteiger partial charge in [0.1, 0.15) is 34.6 Å². The van der Waals surface area contributed by atoms with Crippen LogP contribution >= 0.6 is 0 Å². The lowest BCUT2D eigenvalue weighted by Crippen LogP contribution is -2.23. The van der Waals surface area contributed by atoms with Gasteiger partial charge >= 0.3 is 0 Å². The van der Waals surface area contributed by atoms with E-state index in [-0.39, 0.29) is 11.5 Å². The van der Waals surface area contributed by atoms with E-state index < -0.39 is 23.8 Å². The van der Waals surface area contributed by atoms with E-state index in [2.05, 4.69) is 60.7 Å². The van der Waals surface area contributed by atoms with Gasteiger partial charge in [-0.2, -0.15) is 0 Å². The number of halogens is 2. The summed E-state index contributed by atoms with van der Waals surface area (Å²) in [5.74, 6) is -0.173. The molecule has 4 nitrogen and oxygen atoms in total. The molecule has 2 N–H and O–H groups in total. The van der Waals surface area contributed by atoms with E-state index in [0.717, 1.165) is 66.8 Å². The zero-order valence-electron chi connectivity index (χ0n) is 41.1. The molecule has 0 saturated heterocycles. The fourth-order valence-electron chi connectivity index (χ4n) is 9.90. The molecule has 10 aromatic rings. The van der Waals surface area contributed by atoms with Crippen LogP contribution in [-0.4, -0.2) is 22.4 Å². The Morgan fingerprint density at radius 2 is 0.658 bits per heavy atom. The topological polar surface area (TPSA) is 58.9 Å². The highest BCUT2D eigenvalue weighted by Crippen LogP contribution is 2.49. The number of ether oxygens (including phenoxy) is 2. The van der Waals surface area contributed by atoms with Gasteiger partial charge in [0.2, 0.25) is 0 Å². The molecule has 0 spiro atoms. The molecule has 0 saturated carbocycles. The summed E-state index contributed by atoms with van der Waals surface area (Å²) >= 11 is 0. The molecule has 10 aromatic carbocycles. The van der Waals surface area contributed by atoms with Gasteiger partial charge in [-0.25, -0.2) is 8.78 Å². The molecule has 0 amide bonds. The zero-order valence-corrected chi connectivity index (χ0v) is 41.1. The molecule has 0 aliphatic carbocycles. The quantitative estimate of drug-likeness (QED) is 0.114. The number of benzene rings is 10. The first kappa shape index (κ1) is 47.9. The maximum Gasteiger partial charge on any atom is 0.131 e. The predicted molar refractivity (Wildman–Crippen MR) is 294 cm³/mol. The minimum atomic E-state index is -0.475. The van der Waals surface area contributed by atoms with E-state index in [1.807, 2.05) is 149 Å². The molecule has 73 heavy (non-hydrogen) atoms. The Bertz CT molecular complexity index is 3340. The largest absolute Gasteiger partial charge is 0.507 e. The van der Waals surface area contributed by atoms with Gasteiger partial charge in [-0.3, -0.25) is 0 Å². The van der Waals surface area contributed by atoms with Crippen molar-refractivity contribution in [1.29, 1.82) is 0 Å². The lowest BCUT2D eigenvalue weighted by Gasteiger charge is -2.24. The van der Waals surface area contributed by atoms with Crippen LogP contribution in [0.3, 0.4) is 0 Å². The van der Waals surface area contributed by atoms with Gasteiger partial charge in [0.05, 0.1) is 12.2 Å². The van der Waals surface area contributed by atoms with E-state index in [0.29, 0.717) is 51.3 Å². The van der Waals surface area contributed by atoms with Crippen LogP contribution in [-0.2, 0) is 0 Å². The summed E-state index contributed by atoms with van der Waals surface area (Å²) < 4.78 is 44.0. The molecule has 360 valence electrons. The average molecular weight is 961 g/mol. The normalized spacial score (nSPS) is 12.0. The third-order valence-electron chi connectivity index (χ3n) is 13.3. The molecule has 0 unspecified atom stereocenters. The minimum absolute atomic E-state index is 0.000570. The standard InChI is InChI=1S/C67H54F2O4/c1-42-33-60(56-38-50(46-17-9-5-10-18-46)25-29-54(56)48-21-13-7-14-22-48)66(70)62(35-42)58-40-52(68)27-31-64(58)72-44(3)37-45(4)73-65-32-28-53(69)41-59(65)63-36-43(2)34-61(67(63)71)57-39-51(47-19-11-6-12-20-47)26-30-55(57)49-23-15-8-16-24-49/h5-36,38-41,44-45,70-71H,37H2,1-4H3/t44-,45+. The number of aromatic hydroxyl groups is 2. The molecule has 0 aliphatic rings. The van der Waals surface area contributed by atoms with Crippen molar-refractivity contribution in [1.82, 2.24) is 0 Å². The molecule has 0 bridgehead atoms. The Kier molecular flexibility index (Phi) is 13.7. The highest BCUT2D eigenvalue weighted by atomic mass is 19.1. The second kappa shape index (κ2) is 20.9. The van der Waals surface area contributed by atoms with Crippen LogP contribution in [0.5, 0.6) is 23.0 Å². The number of hydrogen-bond acceptors (Lipinski definition) is 4. The second-order valence-electron chi connectivity index (χ2n) is 18.8. The van der Waals surface area contributed by atoms with E-state index in [9.17, 15) is 10.2 Å². The van der Waals surface area contributed by atoms with Gasteiger partial charge in [-0.15, -0.1) is 0 Å². The molecular formula is C67H54F2O4. The van der Waals surface area contributed by atoms with Gasteiger partial charge < -0.3 is 19.7 Å². The maximum atomic E-state index is 15.4. The van der Waals surface area contributed by atoms with Crippen LogP contribution in [0.2, 0.25) is 0 Å². The summed E-state index contributed by atoms with van der Waals surface area (Å²) in [6.45, 7) is 7.74. The number of hydrogen-bond donors (Lipinski definition) is 2.